The van der Waals surface area contributed by atoms with Crippen molar-refractivity contribution in [2.75, 3.05) is 17.7 Å². The predicted octanol–water partition coefficient (Wildman–Crippen LogP) is 3.66. The topological polar surface area (TPSA) is 67.2 Å². The van der Waals surface area contributed by atoms with Gasteiger partial charge in [0.05, 0.1) is 10.6 Å². The van der Waals surface area contributed by atoms with Gasteiger partial charge in [-0.25, -0.2) is 8.78 Å². The summed E-state index contributed by atoms with van der Waals surface area (Å²) in [5.74, 6) is -1.54. The fourth-order valence-corrected chi connectivity index (χ4v) is 1.78. The molecule has 0 saturated carbocycles. The lowest BCUT2D eigenvalue weighted by molar-refractivity contribution is -0.383. The highest BCUT2D eigenvalue weighted by Crippen LogP contribution is 2.34. The Morgan fingerprint density at radius 2 is 1.80 bits per heavy atom. The maximum absolute atomic E-state index is 13.6. The van der Waals surface area contributed by atoms with Crippen LogP contribution >= 0.6 is 0 Å². The molecule has 0 atom stereocenters. The van der Waals surface area contributed by atoms with Crippen molar-refractivity contribution in [1.29, 1.82) is 0 Å². The van der Waals surface area contributed by atoms with Gasteiger partial charge in [-0.1, -0.05) is 6.07 Å². The summed E-state index contributed by atoms with van der Waals surface area (Å²) in [5, 5.41) is 16.4. The van der Waals surface area contributed by atoms with E-state index < -0.39 is 16.6 Å². The molecule has 20 heavy (non-hydrogen) atoms. The van der Waals surface area contributed by atoms with E-state index in [1.54, 1.807) is 13.1 Å². The van der Waals surface area contributed by atoms with Crippen molar-refractivity contribution in [3.05, 3.63) is 58.1 Å². The second-order valence-corrected chi connectivity index (χ2v) is 3.96. The van der Waals surface area contributed by atoms with Crippen LogP contribution in [0.3, 0.4) is 0 Å². The summed E-state index contributed by atoms with van der Waals surface area (Å²) in [7, 11) is 1.55. The van der Waals surface area contributed by atoms with E-state index in [2.05, 4.69) is 10.6 Å². The predicted molar refractivity (Wildman–Crippen MR) is 72.3 cm³/mol. The van der Waals surface area contributed by atoms with E-state index in [0.29, 0.717) is 11.8 Å². The van der Waals surface area contributed by atoms with Gasteiger partial charge in [0.15, 0.2) is 0 Å². The molecule has 0 radical (unpaired) electrons. The average Bonchev–Trinajstić information content (AvgIpc) is 2.41. The number of nitrogens with one attached hydrogen (secondary N) is 2. The first-order valence-electron chi connectivity index (χ1n) is 5.70. The van der Waals surface area contributed by atoms with E-state index in [1.807, 2.05) is 0 Å². The van der Waals surface area contributed by atoms with Gasteiger partial charge in [0.25, 0.3) is 0 Å². The van der Waals surface area contributed by atoms with Crippen LogP contribution in [0.25, 0.3) is 0 Å². The van der Waals surface area contributed by atoms with Gasteiger partial charge < -0.3 is 10.6 Å². The second-order valence-electron chi connectivity index (χ2n) is 3.96. The van der Waals surface area contributed by atoms with Crippen molar-refractivity contribution in [3.63, 3.8) is 0 Å². The number of halogens is 2. The third kappa shape index (κ3) is 2.66. The number of hydrogen-bond acceptors (Lipinski definition) is 4. The van der Waals surface area contributed by atoms with Gasteiger partial charge in [0.2, 0.25) is 0 Å². The summed E-state index contributed by atoms with van der Waals surface area (Å²) in [6.45, 7) is 0. The van der Waals surface area contributed by atoms with Crippen LogP contribution in [-0.4, -0.2) is 12.0 Å². The Hall–Kier alpha value is -2.70. The minimum absolute atomic E-state index is 0.0391. The van der Waals surface area contributed by atoms with Gasteiger partial charge in [0.1, 0.15) is 23.0 Å². The molecule has 0 amide bonds. The molecular weight excluding hydrogens is 268 g/mol. The van der Waals surface area contributed by atoms with Crippen LogP contribution < -0.4 is 10.6 Å². The van der Waals surface area contributed by atoms with Crippen LogP contribution in [0.2, 0.25) is 0 Å². The average molecular weight is 279 g/mol. The summed E-state index contributed by atoms with van der Waals surface area (Å²) < 4.78 is 26.4. The lowest BCUT2D eigenvalue weighted by Crippen LogP contribution is -2.02. The molecule has 0 spiro atoms. The van der Waals surface area contributed by atoms with Crippen LogP contribution in [0.15, 0.2) is 36.4 Å². The summed E-state index contributed by atoms with van der Waals surface area (Å²) in [6.07, 6.45) is 0. The van der Waals surface area contributed by atoms with E-state index in [1.165, 1.54) is 18.2 Å². The number of nitrogens with zero attached hydrogens (tertiary/aromatic N) is 1. The molecule has 104 valence electrons. The highest BCUT2D eigenvalue weighted by atomic mass is 19.1. The van der Waals surface area contributed by atoms with Crippen molar-refractivity contribution < 1.29 is 13.7 Å². The first-order valence-corrected chi connectivity index (χ1v) is 5.70. The standard InChI is InChI=1S/C13H11F2N3O2/c1-16-11-3-2-4-12(13(11)18(19)20)17-10-6-5-8(14)7-9(10)15/h2-7,16-17H,1H3. The number of benzene rings is 2. The zero-order chi connectivity index (χ0) is 14.7. The van der Waals surface area contributed by atoms with Crippen LogP contribution in [-0.2, 0) is 0 Å². The smallest absolute Gasteiger partial charge is 0.315 e. The van der Waals surface area contributed by atoms with Crippen molar-refractivity contribution in [1.82, 2.24) is 0 Å². The van der Waals surface area contributed by atoms with Gasteiger partial charge in [-0.15, -0.1) is 0 Å². The van der Waals surface area contributed by atoms with Crippen LogP contribution in [0.1, 0.15) is 0 Å². The first kappa shape index (κ1) is 13.7. The van der Waals surface area contributed by atoms with E-state index in [4.69, 9.17) is 0 Å². The molecule has 7 heteroatoms. The van der Waals surface area contributed by atoms with Gasteiger partial charge in [-0.05, 0) is 24.3 Å². The fraction of sp³-hybridized carbons (Fsp3) is 0.0769. The van der Waals surface area contributed by atoms with Crippen molar-refractivity contribution in [2.45, 2.75) is 0 Å². The van der Waals surface area contributed by atoms with Crippen LogP contribution in [0.5, 0.6) is 0 Å². The maximum atomic E-state index is 13.6. The van der Waals surface area contributed by atoms with Crippen molar-refractivity contribution in [2.24, 2.45) is 0 Å². The van der Waals surface area contributed by atoms with E-state index in [9.17, 15) is 18.9 Å². The van der Waals surface area contributed by atoms with Crippen LogP contribution in [0, 0.1) is 21.7 Å². The second kappa shape index (κ2) is 5.52. The summed E-state index contributed by atoms with van der Waals surface area (Å²) in [6, 6.07) is 7.52. The molecule has 0 bridgehead atoms. The molecule has 0 aliphatic carbocycles. The quantitative estimate of drug-likeness (QED) is 0.662. The number of rotatable bonds is 4. The molecule has 2 aromatic carbocycles. The molecular formula is C13H11F2N3O2. The minimum Gasteiger partial charge on any atom is -0.382 e. The molecule has 5 nitrogen and oxygen atoms in total. The van der Waals surface area contributed by atoms with Crippen molar-refractivity contribution >= 4 is 22.7 Å². The molecule has 0 aromatic heterocycles. The molecule has 0 fully saturated rings. The van der Waals surface area contributed by atoms with Crippen LogP contribution in [0.4, 0.5) is 31.5 Å². The normalized spacial score (nSPS) is 10.2. The molecule has 2 rings (SSSR count). The van der Waals surface area contributed by atoms with Gasteiger partial charge in [0, 0.05) is 13.1 Å². The molecule has 2 N–H and O–H groups in total. The molecule has 2 aromatic rings. The van der Waals surface area contributed by atoms with Crippen molar-refractivity contribution in [3.8, 4) is 0 Å². The third-order valence-electron chi connectivity index (χ3n) is 2.69. The highest BCUT2D eigenvalue weighted by Gasteiger charge is 2.19. The Labute approximate surface area is 113 Å². The number of nitro benzene ring substituents is 1. The number of nitro groups is 1. The van der Waals surface area contributed by atoms with E-state index in [-0.39, 0.29) is 17.1 Å². The Kier molecular flexibility index (Phi) is 3.79. The molecule has 0 aliphatic heterocycles. The molecule has 0 unspecified atom stereocenters. The third-order valence-corrected chi connectivity index (χ3v) is 2.69. The Morgan fingerprint density at radius 1 is 1.10 bits per heavy atom. The van der Waals surface area contributed by atoms with Gasteiger partial charge in [-0.3, -0.25) is 10.1 Å². The van der Waals surface area contributed by atoms with E-state index in [0.717, 1.165) is 6.07 Å². The fourth-order valence-electron chi connectivity index (χ4n) is 1.78. The maximum Gasteiger partial charge on any atom is 0.315 e. The van der Waals surface area contributed by atoms with Gasteiger partial charge >= 0.3 is 5.69 Å². The molecule has 0 saturated heterocycles. The Balaban J connectivity index is 2.45. The summed E-state index contributed by atoms with van der Waals surface area (Å²) >= 11 is 0. The SMILES string of the molecule is CNc1cccc(Nc2ccc(F)cc2F)c1[N+](=O)[O-]. The Morgan fingerprint density at radius 3 is 2.40 bits per heavy atom. The monoisotopic (exact) mass is 279 g/mol. The zero-order valence-corrected chi connectivity index (χ0v) is 10.5. The first-order chi connectivity index (χ1) is 9.52. The summed E-state index contributed by atoms with van der Waals surface area (Å²) in [4.78, 5) is 10.5. The lowest BCUT2D eigenvalue weighted by atomic mass is 10.2. The highest BCUT2D eigenvalue weighted by molar-refractivity contribution is 5.79. The molecule has 0 heterocycles. The molecule has 0 aliphatic rings. The number of para-hydroxylation sites is 1. The largest absolute Gasteiger partial charge is 0.382 e. The summed E-state index contributed by atoms with van der Waals surface area (Å²) in [5.41, 5.74) is 0.163. The number of hydrogen-bond donors (Lipinski definition) is 2. The van der Waals surface area contributed by atoms with E-state index >= 15 is 0 Å². The van der Waals surface area contributed by atoms with Gasteiger partial charge in [-0.2, -0.15) is 0 Å². The zero-order valence-electron chi connectivity index (χ0n) is 10.5. The minimum atomic E-state index is -0.825. The Bertz CT molecular complexity index is 662. The number of anilines is 3. The lowest BCUT2D eigenvalue weighted by Gasteiger charge is -2.10.